The van der Waals surface area contributed by atoms with E-state index in [1.807, 2.05) is 36.4 Å². The summed E-state index contributed by atoms with van der Waals surface area (Å²) in [5, 5.41) is 6.88. The highest BCUT2D eigenvalue weighted by Crippen LogP contribution is 2.33. The molecular formula is C24H20ClNO. The van der Waals surface area contributed by atoms with Crippen molar-refractivity contribution in [1.82, 2.24) is 0 Å². The Morgan fingerprint density at radius 3 is 2.22 bits per heavy atom. The summed E-state index contributed by atoms with van der Waals surface area (Å²) < 4.78 is 5.27. The molecule has 134 valence electrons. The Morgan fingerprint density at radius 2 is 1.48 bits per heavy atom. The molecule has 0 spiro atoms. The first-order valence-corrected chi connectivity index (χ1v) is 9.26. The van der Waals surface area contributed by atoms with E-state index in [9.17, 15) is 0 Å². The van der Waals surface area contributed by atoms with E-state index >= 15 is 0 Å². The van der Waals surface area contributed by atoms with Gasteiger partial charge in [0.25, 0.3) is 0 Å². The zero-order chi connectivity index (χ0) is 18.6. The molecule has 1 atom stereocenters. The second-order valence-corrected chi connectivity index (χ2v) is 6.86. The first-order chi connectivity index (χ1) is 13.2. The van der Waals surface area contributed by atoms with Crippen LogP contribution in [-0.2, 0) is 0 Å². The van der Waals surface area contributed by atoms with Crippen molar-refractivity contribution in [1.29, 1.82) is 0 Å². The summed E-state index contributed by atoms with van der Waals surface area (Å²) in [6.07, 6.45) is 0. The van der Waals surface area contributed by atoms with Gasteiger partial charge in [-0.25, -0.2) is 0 Å². The molecule has 0 fully saturated rings. The molecule has 1 unspecified atom stereocenters. The second-order valence-electron chi connectivity index (χ2n) is 6.43. The van der Waals surface area contributed by atoms with E-state index in [1.165, 1.54) is 16.3 Å². The van der Waals surface area contributed by atoms with Gasteiger partial charge in [-0.3, -0.25) is 0 Å². The van der Waals surface area contributed by atoms with Crippen LogP contribution in [0, 0.1) is 0 Å². The molecule has 1 N–H and O–H groups in total. The van der Waals surface area contributed by atoms with Crippen molar-refractivity contribution >= 4 is 28.1 Å². The van der Waals surface area contributed by atoms with Crippen molar-refractivity contribution in [3.63, 3.8) is 0 Å². The van der Waals surface area contributed by atoms with Crippen LogP contribution in [0.25, 0.3) is 10.8 Å². The highest BCUT2D eigenvalue weighted by atomic mass is 35.5. The summed E-state index contributed by atoms with van der Waals surface area (Å²) in [4.78, 5) is 0. The van der Waals surface area contributed by atoms with Crippen LogP contribution in [-0.4, -0.2) is 7.11 Å². The number of hydrogen-bond donors (Lipinski definition) is 1. The first-order valence-electron chi connectivity index (χ1n) is 8.88. The van der Waals surface area contributed by atoms with Gasteiger partial charge in [-0.1, -0.05) is 66.2 Å². The van der Waals surface area contributed by atoms with Crippen LogP contribution in [0.4, 0.5) is 5.69 Å². The quantitative estimate of drug-likeness (QED) is 0.420. The van der Waals surface area contributed by atoms with Crippen molar-refractivity contribution in [2.75, 3.05) is 12.4 Å². The average Bonchev–Trinajstić information content (AvgIpc) is 2.73. The number of halogens is 1. The number of ether oxygens (including phenoxy) is 1. The van der Waals surface area contributed by atoms with Gasteiger partial charge in [0.2, 0.25) is 0 Å². The van der Waals surface area contributed by atoms with Gasteiger partial charge >= 0.3 is 0 Å². The molecule has 27 heavy (non-hydrogen) atoms. The zero-order valence-corrected chi connectivity index (χ0v) is 15.8. The van der Waals surface area contributed by atoms with E-state index in [0.29, 0.717) is 0 Å². The topological polar surface area (TPSA) is 21.3 Å². The summed E-state index contributed by atoms with van der Waals surface area (Å²) >= 11 is 6.12. The lowest BCUT2D eigenvalue weighted by Crippen LogP contribution is -2.12. The van der Waals surface area contributed by atoms with Crippen LogP contribution in [0.1, 0.15) is 17.2 Å². The van der Waals surface area contributed by atoms with Crippen LogP contribution in [0.15, 0.2) is 91.0 Å². The van der Waals surface area contributed by atoms with E-state index < -0.39 is 0 Å². The molecule has 0 saturated heterocycles. The van der Waals surface area contributed by atoms with Gasteiger partial charge in [-0.15, -0.1) is 0 Å². The second kappa shape index (κ2) is 7.73. The van der Waals surface area contributed by atoms with Gasteiger partial charge in [0.05, 0.1) is 13.2 Å². The fourth-order valence-electron chi connectivity index (χ4n) is 3.35. The number of benzene rings is 4. The molecule has 0 radical (unpaired) electrons. The molecule has 0 aliphatic rings. The van der Waals surface area contributed by atoms with Crippen molar-refractivity contribution in [3.05, 3.63) is 107 Å². The number of anilines is 1. The molecule has 0 saturated carbocycles. The number of nitrogens with one attached hydrogen (secondary N) is 1. The van der Waals surface area contributed by atoms with Gasteiger partial charge in [-0.2, -0.15) is 0 Å². The van der Waals surface area contributed by atoms with Crippen molar-refractivity contribution in [2.45, 2.75) is 6.04 Å². The van der Waals surface area contributed by atoms with Gasteiger partial charge in [0, 0.05) is 10.7 Å². The Morgan fingerprint density at radius 1 is 0.778 bits per heavy atom. The summed E-state index contributed by atoms with van der Waals surface area (Å²) in [7, 11) is 1.68. The molecule has 0 aliphatic heterocycles. The van der Waals surface area contributed by atoms with Crippen LogP contribution in [0.5, 0.6) is 5.75 Å². The molecule has 4 rings (SSSR count). The lowest BCUT2D eigenvalue weighted by Gasteiger charge is -2.23. The molecule has 0 bridgehead atoms. The maximum atomic E-state index is 6.12. The van der Waals surface area contributed by atoms with Gasteiger partial charge in [-0.05, 0) is 58.3 Å². The Labute approximate surface area is 164 Å². The van der Waals surface area contributed by atoms with Crippen molar-refractivity contribution < 1.29 is 4.74 Å². The number of rotatable bonds is 5. The third-order valence-corrected chi connectivity index (χ3v) is 4.99. The first kappa shape index (κ1) is 17.4. The Hall–Kier alpha value is -2.97. The van der Waals surface area contributed by atoms with Crippen LogP contribution in [0.3, 0.4) is 0 Å². The maximum absolute atomic E-state index is 6.12. The monoisotopic (exact) mass is 373 g/mol. The maximum Gasteiger partial charge on any atom is 0.119 e. The molecule has 0 heterocycles. The summed E-state index contributed by atoms with van der Waals surface area (Å²) in [6.45, 7) is 0. The highest BCUT2D eigenvalue weighted by molar-refractivity contribution is 6.30. The molecule has 0 amide bonds. The van der Waals surface area contributed by atoms with Gasteiger partial charge in [0.15, 0.2) is 0 Å². The van der Waals surface area contributed by atoms with Gasteiger partial charge < -0.3 is 10.1 Å². The Balaban J connectivity index is 1.80. The van der Waals surface area contributed by atoms with Crippen LogP contribution in [0.2, 0.25) is 5.02 Å². The molecule has 4 aromatic carbocycles. The largest absolute Gasteiger partial charge is 0.497 e. The molecule has 3 heteroatoms. The van der Waals surface area contributed by atoms with Gasteiger partial charge in [0.1, 0.15) is 5.75 Å². The summed E-state index contributed by atoms with van der Waals surface area (Å²) in [5.74, 6) is 0.841. The Kier molecular flexibility index (Phi) is 4.99. The fourth-order valence-corrected chi connectivity index (χ4v) is 3.48. The molecular weight excluding hydrogens is 354 g/mol. The predicted molar refractivity (Wildman–Crippen MR) is 114 cm³/mol. The van der Waals surface area contributed by atoms with Crippen LogP contribution < -0.4 is 10.1 Å². The fraction of sp³-hybridized carbons (Fsp3) is 0.0833. The third kappa shape index (κ3) is 3.76. The zero-order valence-electron chi connectivity index (χ0n) is 15.0. The molecule has 2 nitrogen and oxygen atoms in total. The van der Waals surface area contributed by atoms with E-state index in [0.717, 1.165) is 22.0 Å². The smallest absolute Gasteiger partial charge is 0.119 e. The number of hydrogen-bond acceptors (Lipinski definition) is 2. The standard InChI is InChI=1S/C24H20ClNO/c1-27-21-15-13-20(14-16-21)26-24(18-9-11-19(25)12-10-18)23-8-4-6-17-5-2-3-7-22(17)23/h2-16,24,26H,1H3. The summed E-state index contributed by atoms with van der Waals surface area (Å²) in [5.41, 5.74) is 3.42. The minimum Gasteiger partial charge on any atom is -0.497 e. The minimum absolute atomic E-state index is 0.00163. The lowest BCUT2D eigenvalue weighted by atomic mass is 9.93. The van der Waals surface area contributed by atoms with Crippen LogP contribution >= 0.6 is 11.6 Å². The lowest BCUT2D eigenvalue weighted by molar-refractivity contribution is 0.415. The highest BCUT2D eigenvalue weighted by Gasteiger charge is 2.17. The molecule has 4 aromatic rings. The van der Waals surface area contributed by atoms with Crippen molar-refractivity contribution in [2.24, 2.45) is 0 Å². The third-order valence-electron chi connectivity index (χ3n) is 4.74. The van der Waals surface area contributed by atoms with Crippen molar-refractivity contribution in [3.8, 4) is 5.75 Å². The number of fused-ring (bicyclic) bond motifs is 1. The molecule has 0 aliphatic carbocycles. The van der Waals surface area contributed by atoms with E-state index in [4.69, 9.17) is 16.3 Å². The van der Waals surface area contributed by atoms with E-state index in [-0.39, 0.29) is 6.04 Å². The Bertz CT molecular complexity index is 1040. The SMILES string of the molecule is COc1ccc(NC(c2ccc(Cl)cc2)c2cccc3ccccc23)cc1. The number of methoxy groups -OCH3 is 1. The molecule has 0 aromatic heterocycles. The van der Waals surface area contributed by atoms with E-state index in [2.05, 4.69) is 59.9 Å². The predicted octanol–water partition coefficient (Wildman–Crippen LogP) is 6.70. The minimum atomic E-state index is 0.00163. The summed E-state index contributed by atoms with van der Waals surface area (Å²) in [6, 6.07) is 30.9. The average molecular weight is 374 g/mol. The normalized spacial score (nSPS) is 11.9. The van der Waals surface area contributed by atoms with E-state index in [1.54, 1.807) is 7.11 Å².